The predicted molar refractivity (Wildman–Crippen MR) is 126 cm³/mol. The minimum atomic E-state index is -0.191. The second-order valence-corrected chi connectivity index (χ2v) is 9.12. The van der Waals surface area contributed by atoms with Gasteiger partial charge in [0.2, 0.25) is 0 Å². The van der Waals surface area contributed by atoms with Crippen LogP contribution >= 0.6 is 0 Å². The molecule has 1 amide bonds. The van der Waals surface area contributed by atoms with Crippen LogP contribution in [0.1, 0.15) is 58.9 Å². The number of morpholine rings is 1. The van der Waals surface area contributed by atoms with E-state index < -0.39 is 0 Å². The fourth-order valence-electron chi connectivity index (χ4n) is 5.09. The van der Waals surface area contributed by atoms with E-state index in [9.17, 15) is 9.59 Å². The lowest BCUT2D eigenvalue weighted by Gasteiger charge is -2.27. The van der Waals surface area contributed by atoms with Gasteiger partial charge in [0.05, 0.1) is 36.5 Å². The third-order valence-corrected chi connectivity index (χ3v) is 6.84. The third-order valence-electron chi connectivity index (χ3n) is 6.84. The first kappa shape index (κ1) is 21.9. The zero-order chi connectivity index (χ0) is 22.8. The van der Waals surface area contributed by atoms with Crippen LogP contribution in [0.2, 0.25) is 0 Å². The van der Waals surface area contributed by atoms with E-state index in [0.29, 0.717) is 36.9 Å². The highest BCUT2D eigenvalue weighted by atomic mass is 16.5. The molecule has 2 aliphatic rings. The zero-order valence-corrected chi connectivity index (χ0v) is 19.1. The van der Waals surface area contributed by atoms with Crippen molar-refractivity contribution in [2.45, 2.75) is 51.7 Å². The summed E-state index contributed by atoms with van der Waals surface area (Å²) in [6.45, 7) is 5.81. The highest BCUT2D eigenvalue weighted by Crippen LogP contribution is 2.32. The van der Waals surface area contributed by atoms with Crippen LogP contribution in [0.3, 0.4) is 0 Å². The number of hydrogen-bond acceptors (Lipinski definition) is 5. The number of rotatable bonds is 6. The van der Waals surface area contributed by atoms with Gasteiger partial charge in [0.15, 0.2) is 0 Å². The van der Waals surface area contributed by atoms with E-state index in [0.717, 1.165) is 48.1 Å². The van der Waals surface area contributed by atoms with Gasteiger partial charge in [-0.2, -0.15) is 5.10 Å². The molecule has 1 saturated carbocycles. The molecule has 0 radical (unpaired) electrons. The quantitative estimate of drug-likeness (QED) is 0.604. The molecule has 8 heteroatoms. The maximum Gasteiger partial charge on any atom is 0.253 e. The monoisotopic (exact) mass is 449 g/mol. The maximum atomic E-state index is 13.2. The van der Waals surface area contributed by atoms with Gasteiger partial charge in [-0.05, 0) is 43.5 Å². The Kier molecular flexibility index (Phi) is 6.28. The summed E-state index contributed by atoms with van der Waals surface area (Å²) in [5.74, 6) is -0.191. The van der Waals surface area contributed by atoms with Crippen LogP contribution in [0.25, 0.3) is 10.9 Å². The smallest absolute Gasteiger partial charge is 0.253 e. The largest absolute Gasteiger partial charge is 0.379 e. The van der Waals surface area contributed by atoms with Crippen LogP contribution in [-0.4, -0.2) is 51.9 Å². The highest BCUT2D eigenvalue weighted by molar-refractivity contribution is 6.06. The molecule has 5 rings (SSSR count). The molecular formula is C25H31N5O3. The second-order valence-electron chi connectivity index (χ2n) is 9.12. The Bertz CT molecular complexity index is 1200. The number of aromatic nitrogens is 3. The number of carbonyl (C=O) groups is 1. The highest BCUT2D eigenvalue weighted by Gasteiger charge is 2.22. The van der Waals surface area contributed by atoms with Crippen LogP contribution in [0.4, 0.5) is 0 Å². The summed E-state index contributed by atoms with van der Waals surface area (Å²) in [6, 6.07) is 8.18. The number of aryl methyl sites for hydroxylation is 1. The molecule has 0 bridgehead atoms. The molecule has 8 nitrogen and oxygen atoms in total. The number of pyridine rings is 1. The van der Waals surface area contributed by atoms with E-state index in [1.54, 1.807) is 6.20 Å². The lowest BCUT2D eigenvalue weighted by atomic mass is 10.1. The molecule has 174 valence electrons. The van der Waals surface area contributed by atoms with Crippen LogP contribution in [0.15, 0.2) is 35.3 Å². The molecule has 3 heterocycles. The number of hydrogen-bond donors (Lipinski definition) is 2. The standard InChI is InChI=1S/C25H31N5O3/c1-17-13-18(16-29-9-11-33-12-10-29)21(25(32)28-17)14-26-24(31)20-7-4-8-23-22(20)15-27-30(23)19-5-2-3-6-19/h4,7-8,13,15,19H,2-3,5-6,9-12,14,16H2,1H3,(H,26,31)(H,28,32). The van der Waals surface area contributed by atoms with Crippen molar-refractivity contribution in [2.24, 2.45) is 0 Å². The van der Waals surface area contributed by atoms with Crippen molar-refractivity contribution < 1.29 is 9.53 Å². The van der Waals surface area contributed by atoms with Crippen LogP contribution in [0.5, 0.6) is 0 Å². The lowest BCUT2D eigenvalue weighted by Crippen LogP contribution is -2.37. The van der Waals surface area contributed by atoms with Gasteiger partial charge in [0, 0.05) is 42.8 Å². The number of nitrogens with zero attached hydrogens (tertiary/aromatic N) is 3. The number of H-pyrrole nitrogens is 1. The molecule has 1 aliphatic heterocycles. The predicted octanol–water partition coefficient (Wildman–Crippen LogP) is 2.91. The Balaban J connectivity index is 1.36. The molecule has 2 N–H and O–H groups in total. The van der Waals surface area contributed by atoms with Gasteiger partial charge in [-0.3, -0.25) is 19.2 Å². The van der Waals surface area contributed by atoms with Crippen molar-refractivity contribution in [1.82, 2.24) is 25.0 Å². The molecule has 0 spiro atoms. The van der Waals surface area contributed by atoms with Gasteiger partial charge in [0.1, 0.15) is 0 Å². The first-order valence-corrected chi connectivity index (χ1v) is 11.9. The maximum absolute atomic E-state index is 13.2. The topological polar surface area (TPSA) is 92.2 Å². The molecular weight excluding hydrogens is 418 g/mol. The molecule has 0 unspecified atom stereocenters. The SMILES string of the molecule is Cc1cc(CN2CCOCC2)c(CNC(=O)c2cccc3c2cnn3C2CCCC2)c(=O)[nH]1. The van der Waals surface area contributed by atoms with E-state index in [2.05, 4.69) is 25.0 Å². The summed E-state index contributed by atoms with van der Waals surface area (Å²) in [7, 11) is 0. The van der Waals surface area contributed by atoms with Crippen molar-refractivity contribution >= 4 is 16.8 Å². The summed E-state index contributed by atoms with van der Waals surface area (Å²) < 4.78 is 7.51. The van der Waals surface area contributed by atoms with Crippen molar-refractivity contribution in [2.75, 3.05) is 26.3 Å². The van der Waals surface area contributed by atoms with E-state index in [1.165, 1.54) is 12.8 Å². The fourth-order valence-corrected chi connectivity index (χ4v) is 5.09. The molecule has 1 aromatic carbocycles. The minimum Gasteiger partial charge on any atom is -0.379 e. The average Bonchev–Trinajstić information content (AvgIpc) is 3.48. The van der Waals surface area contributed by atoms with Crippen molar-refractivity contribution in [1.29, 1.82) is 0 Å². The number of amides is 1. The molecule has 2 aromatic heterocycles. The zero-order valence-electron chi connectivity index (χ0n) is 19.1. The Labute approximate surface area is 192 Å². The van der Waals surface area contributed by atoms with Gasteiger partial charge in [0.25, 0.3) is 11.5 Å². The second kappa shape index (κ2) is 9.49. The third kappa shape index (κ3) is 4.58. The molecule has 3 aromatic rings. The first-order valence-electron chi connectivity index (χ1n) is 11.9. The average molecular weight is 450 g/mol. The summed E-state index contributed by atoms with van der Waals surface area (Å²) in [4.78, 5) is 31.1. The number of carbonyl (C=O) groups excluding carboxylic acids is 1. The molecule has 33 heavy (non-hydrogen) atoms. The van der Waals surface area contributed by atoms with E-state index in [1.807, 2.05) is 31.2 Å². The van der Waals surface area contributed by atoms with Gasteiger partial charge >= 0.3 is 0 Å². The van der Waals surface area contributed by atoms with Gasteiger partial charge in [-0.15, -0.1) is 0 Å². The fraction of sp³-hybridized carbons (Fsp3) is 0.480. The summed E-state index contributed by atoms with van der Waals surface area (Å²) in [6.07, 6.45) is 6.52. The number of ether oxygens (including phenoxy) is 1. The van der Waals surface area contributed by atoms with Crippen LogP contribution < -0.4 is 10.9 Å². The lowest BCUT2D eigenvalue weighted by molar-refractivity contribution is 0.0340. The Hall–Kier alpha value is -2.97. The number of benzene rings is 1. The van der Waals surface area contributed by atoms with Crippen LogP contribution in [-0.2, 0) is 17.8 Å². The first-order chi connectivity index (χ1) is 16.1. The molecule has 0 atom stereocenters. The summed E-state index contributed by atoms with van der Waals surface area (Å²) in [5, 5.41) is 8.45. The molecule has 1 saturated heterocycles. The van der Waals surface area contributed by atoms with Gasteiger partial charge < -0.3 is 15.0 Å². The summed E-state index contributed by atoms with van der Waals surface area (Å²) >= 11 is 0. The van der Waals surface area contributed by atoms with Crippen molar-refractivity contribution in [3.05, 3.63) is 63.2 Å². The number of fused-ring (bicyclic) bond motifs is 1. The van der Waals surface area contributed by atoms with E-state index in [-0.39, 0.29) is 18.0 Å². The minimum absolute atomic E-state index is 0.147. The number of aromatic amines is 1. The normalized spacial score (nSPS) is 17.6. The molecule has 1 aliphatic carbocycles. The Morgan fingerprint density at radius 2 is 2.03 bits per heavy atom. The Morgan fingerprint density at radius 1 is 1.24 bits per heavy atom. The van der Waals surface area contributed by atoms with Crippen molar-refractivity contribution in [3.63, 3.8) is 0 Å². The molecule has 2 fully saturated rings. The van der Waals surface area contributed by atoms with E-state index in [4.69, 9.17) is 4.74 Å². The van der Waals surface area contributed by atoms with Crippen molar-refractivity contribution in [3.8, 4) is 0 Å². The van der Waals surface area contributed by atoms with Gasteiger partial charge in [-0.25, -0.2) is 0 Å². The van der Waals surface area contributed by atoms with E-state index >= 15 is 0 Å². The Morgan fingerprint density at radius 3 is 2.82 bits per heavy atom. The van der Waals surface area contributed by atoms with Gasteiger partial charge in [-0.1, -0.05) is 18.9 Å². The number of nitrogens with one attached hydrogen (secondary N) is 2. The summed E-state index contributed by atoms with van der Waals surface area (Å²) in [5.41, 5.74) is 3.82. The van der Waals surface area contributed by atoms with Crippen LogP contribution in [0, 0.1) is 6.92 Å².